The quantitative estimate of drug-likeness (QED) is 0.722. The van der Waals surface area contributed by atoms with Crippen LogP contribution in [0.5, 0.6) is 0 Å². The van der Waals surface area contributed by atoms with Crippen molar-refractivity contribution in [3.63, 3.8) is 0 Å². The lowest BCUT2D eigenvalue weighted by Crippen LogP contribution is -1.92. The van der Waals surface area contributed by atoms with E-state index in [0.717, 1.165) is 11.3 Å². The van der Waals surface area contributed by atoms with Crippen LogP contribution >= 0.6 is 11.6 Å². The number of H-pyrrole nitrogens is 2. The average molecular weight is 212 g/mol. The van der Waals surface area contributed by atoms with E-state index >= 15 is 0 Å². The van der Waals surface area contributed by atoms with E-state index in [1.165, 1.54) is 0 Å². The van der Waals surface area contributed by atoms with Crippen LogP contribution in [0.15, 0.2) is 18.5 Å². The van der Waals surface area contributed by atoms with Gasteiger partial charge in [-0.25, -0.2) is 4.98 Å². The fraction of sp³-hybridized carbons (Fsp3) is 0.222. The fourth-order valence-corrected chi connectivity index (χ4v) is 1.55. The van der Waals surface area contributed by atoms with E-state index in [1.54, 1.807) is 0 Å². The number of imidazole rings is 1. The maximum Gasteiger partial charge on any atom is 0.134 e. The highest BCUT2D eigenvalue weighted by Crippen LogP contribution is 2.24. The summed E-state index contributed by atoms with van der Waals surface area (Å²) in [7, 11) is 0. The predicted molar refractivity (Wildman–Crippen MR) is 54.2 cm³/mol. The van der Waals surface area contributed by atoms with Crippen LogP contribution in [0.1, 0.15) is 5.82 Å². The molecule has 0 aliphatic rings. The van der Waals surface area contributed by atoms with E-state index in [2.05, 4.69) is 15.0 Å². The van der Waals surface area contributed by atoms with Crippen LogP contribution < -0.4 is 0 Å². The first-order valence-electron chi connectivity index (χ1n) is 4.29. The van der Waals surface area contributed by atoms with Crippen LogP contribution in [0.3, 0.4) is 0 Å². The third-order valence-electron chi connectivity index (χ3n) is 1.93. The Kier molecular flexibility index (Phi) is 2.56. The van der Waals surface area contributed by atoms with Crippen LogP contribution in [0.25, 0.3) is 11.3 Å². The van der Waals surface area contributed by atoms with Gasteiger partial charge >= 0.3 is 0 Å². The molecule has 0 fully saturated rings. The maximum absolute atomic E-state index is 8.74. The molecule has 5 heteroatoms. The summed E-state index contributed by atoms with van der Waals surface area (Å²) in [6.07, 6.45) is 4.13. The first kappa shape index (κ1) is 9.30. The molecule has 2 rings (SSSR count). The van der Waals surface area contributed by atoms with Crippen molar-refractivity contribution in [1.29, 1.82) is 0 Å². The maximum atomic E-state index is 8.74. The van der Waals surface area contributed by atoms with Crippen molar-refractivity contribution in [3.8, 4) is 11.3 Å². The Morgan fingerprint density at radius 2 is 2.36 bits per heavy atom. The van der Waals surface area contributed by atoms with Gasteiger partial charge in [-0.1, -0.05) is 11.6 Å². The van der Waals surface area contributed by atoms with Gasteiger partial charge in [0.05, 0.1) is 6.61 Å². The van der Waals surface area contributed by atoms with Crippen molar-refractivity contribution in [2.75, 3.05) is 6.61 Å². The van der Waals surface area contributed by atoms with Gasteiger partial charge in [-0.05, 0) is 6.07 Å². The lowest BCUT2D eigenvalue weighted by atomic mass is 10.3. The molecule has 0 aromatic carbocycles. The Labute approximate surface area is 86.0 Å². The lowest BCUT2D eigenvalue weighted by Gasteiger charge is -1.89. The van der Waals surface area contributed by atoms with Gasteiger partial charge in [0.1, 0.15) is 16.7 Å². The standard InChI is InChI=1S/C9H10ClN3O/c10-9-8(6-1-3-11-5-6)12-7(13-9)2-4-14/h1,3,5,11,14H,2,4H2,(H,12,13). The molecule has 0 unspecified atom stereocenters. The van der Waals surface area contributed by atoms with Gasteiger partial charge in [-0.3, -0.25) is 0 Å². The zero-order valence-electron chi connectivity index (χ0n) is 7.42. The van der Waals surface area contributed by atoms with Gasteiger partial charge in [-0.15, -0.1) is 0 Å². The van der Waals surface area contributed by atoms with Gasteiger partial charge < -0.3 is 15.1 Å². The number of hydrogen-bond acceptors (Lipinski definition) is 2. The molecule has 14 heavy (non-hydrogen) atoms. The Balaban J connectivity index is 2.35. The van der Waals surface area contributed by atoms with Crippen molar-refractivity contribution >= 4 is 11.6 Å². The SMILES string of the molecule is OCCc1nc(-c2cc[nH]c2)c(Cl)[nH]1. The minimum absolute atomic E-state index is 0.0659. The zero-order chi connectivity index (χ0) is 9.97. The molecular weight excluding hydrogens is 202 g/mol. The smallest absolute Gasteiger partial charge is 0.134 e. The van der Waals surface area contributed by atoms with E-state index in [0.29, 0.717) is 17.4 Å². The normalized spacial score (nSPS) is 10.7. The van der Waals surface area contributed by atoms with E-state index in [-0.39, 0.29) is 6.61 Å². The number of nitrogens with one attached hydrogen (secondary N) is 2. The lowest BCUT2D eigenvalue weighted by molar-refractivity contribution is 0.297. The number of aliphatic hydroxyl groups is 1. The summed E-state index contributed by atoms with van der Waals surface area (Å²) < 4.78 is 0. The highest BCUT2D eigenvalue weighted by Gasteiger charge is 2.09. The summed E-state index contributed by atoms with van der Waals surface area (Å²) in [4.78, 5) is 10.1. The highest BCUT2D eigenvalue weighted by molar-refractivity contribution is 6.31. The largest absolute Gasteiger partial charge is 0.396 e. The van der Waals surface area contributed by atoms with Crippen molar-refractivity contribution in [2.24, 2.45) is 0 Å². The highest BCUT2D eigenvalue weighted by atomic mass is 35.5. The molecule has 0 aliphatic carbocycles. The van der Waals surface area contributed by atoms with Crippen LogP contribution in [0.4, 0.5) is 0 Å². The van der Waals surface area contributed by atoms with Crippen LogP contribution in [-0.2, 0) is 6.42 Å². The monoisotopic (exact) mass is 211 g/mol. The first-order valence-corrected chi connectivity index (χ1v) is 4.67. The van der Waals surface area contributed by atoms with Gasteiger partial charge in [0.15, 0.2) is 0 Å². The Morgan fingerprint density at radius 3 is 3.00 bits per heavy atom. The second-order valence-corrected chi connectivity index (χ2v) is 3.30. The van der Waals surface area contributed by atoms with Crippen molar-refractivity contribution in [1.82, 2.24) is 15.0 Å². The Bertz CT molecular complexity index is 408. The number of aromatic amines is 2. The molecule has 0 amide bonds. The zero-order valence-corrected chi connectivity index (χ0v) is 8.17. The van der Waals surface area contributed by atoms with E-state index < -0.39 is 0 Å². The summed E-state index contributed by atoms with van der Waals surface area (Å²) in [5.41, 5.74) is 1.66. The summed E-state index contributed by atoms with van der Waals surface area (Å²) in [5, 5.41) is 9.25. The summed E-state index contributed by atoms with van der Waals surface area (Å²) >= 11 is 5.96. The molecular formula is C9H10ClN3O. The van der Waals surface area contributed by atoms with Crippen LogP contribution in [0, 0.1) is 0 Å². The molecule has 74 valence electrons. The molecule has 0 bridgehead atoms. The molecule has 2 heterocycles. The minimum atomic E-state index is 0.0659. The summed E-state index contributed by atoms with van der Waals surface area (Å²) in [5.74, 6) is 0.703. The van der Waals surface area contributed by atoms with E-state index in [9.17, 15) is 0 Å². The van der Waals surface area contributed by atoms with Gasteiger partial charge in [0.2, 0.25) is 0 Å². The number of aromatic nitrogens is 3. The second kappa shape index (κ2) is 3.86. The summed E-state index contributed by atoms with van der Waals surface area (Å²) in [6, 6.07) is 1.89. The van der Waals surface area contributed by atoms with Crippen molar-refractivity contribution in [3.05, 3.63) is 29.4 Å². The fourth-order valence-electron chi connectivity index (χ4n) is 1.28. The second-order valence-electron chi connectivity index (χ2n) is 2.92. The van der Waals surface area contributed by atoms with Crippen LogP contribution in [0.2, 0.25) is 5.15 Å². The molecule has 0 radical (unpaired) electrons. The molecule has 0 saturated carbocycles. The van der Waals surface area contributed by atoms with Crippen molar-refractivity contribution in [2.45, 2.75) is 6.42 Å². The molecule has 0 saturated heterocycles. The Hall–Kier alpha value is -1.26. The molecule has 0 atom stereocenters. The number of halogens is 1. The van der Waals surface area contributed by atoms with Crippen LogP contribution in [-0.4, -0.2) is 26.7 Å². The topological polar surface area (TPSA) is 64.7 Å². The third kappa shape index (κ3) is 1.66. The molecule has 2 aromatic heterocycles. The third-order valence-corrected chi connectivity index (χ3v) is 2.20. The molecule has 3 N–H and O–H groups in total. The molecule has 2 aromatic rings. The number of rotatable bonds is 3. The number of nitrogens with zero attached hydrogens (tertiary/aromatic N) is 1. The summed E-state index contributed by atoms with van der Waals surface area (Å²) in [6.45, 7) is 0.0659. The first-order chi connectivity index (χ1) is 6.81. The number of aliphatic hydroxyl groups excluding tert-OH is 1. The average Bonchev–Trinajstić information content (AvgIpc) is 2.74. The van der Waals surface area contributed by atoms with Gasteiger partial charge in [-0.2, -0.15) is 0 Å². The molecule has 4 nitrogen and oxygen atoms in total. The Morgan fingerprint density at radius 1 is 1.50 bits per heavy atom. The van der Waals surface area contributed by atoms with Gasteiger partial charge in [0, 0.05) is 24.4 Å². The minimum Gasteiger partial charge on any atom is -0.396 e. The molecule has 0 spiro atoms. The number of hydrogen-bond donors (Lipinski definition) is 3. The van der Waals surface area contributed by atoms with Gasteiger partial charge in [0.25, 0.3) is 0 Å². The molecule has 0 aliphatic heterocycles. The van der Waals surface area contributed by atoms with E-state index in [4.69, 9.17) is 16.7 Å². The van der Waals surface area contributed by atoms with Crippen molar-refractivity contribution < 1.29 is 5.11 Å². The van der Waals surface area contributed by atoms with E-state index in [1.807, 2.05) is 18.5 Å². The predicted octanol–water partition coefficient (Wildman–Crippen LogP) is 1.59.